The third kappa shape index (κ3) is 7.88. The Kier molecular flexibility index (Phi) is 10.1. The monoisotopic (exact) mass is 559 g/mol. The maximum absolute atomic E-state index is 13.2. The van der Waals surface area contributed by atoms with Crippen LogP contribution in [0.4, 0.5) is 16.3 Å². The van der Waals surface area contributed by atoms with Gasteiger partial charge in [-0.15, -0.1) is 0 Å². The number of carbonyl (C=O) groups is 2. The van der Waals surface area contributed by atoms with Crippen LogP contribution in [0.2, 0.25) is 10.0 Å². The summed E-state index contributed by atoms with van der Waals surface area (Å²) < 4.78 is 6.95. The molecule has 0 aliphatic carbocycles. The number of unbranched alkanes of at least 4 members (excludes halogenated alkanes) is 2. The molecule has 204 valence electrons. The second-order valence-electron chi connectivity index (χ2n) is 10.0. The van der Waals surface area contributed by atoms with Crippen molar-refractivity contribution in [1.82, 2.24) is 14.7 Å². The van der Waals surface area contributed by atoms with Crippen molar-refractivity contribution in [3.8, 4) is 11.4 Å². The summed E-state index contributed by atoms with van der Waals surface area (Å²) in [7, 11) is 1.61. The normalized spacial score (nSPS) is 11.2. The van der Waals surface area contributed by atoms with Crippen molar-refractivity contribution in [2.75, 3.05) is 30.8 Å². The Hall–Kier alpha value is -3.23. The smallest absolute Gasteiger partial charge is 0.322 e. The quantitative estimate of drug-likeness (QED) is 0.258. The van der Waals surface area contributed by atoms with Crippen LogP contribution in [-0.2, 0) is 10.2 Å². The maximum Gasteiger partial charge on any atom is 0.322 e. The van der Waals surface area contributed by atoms with Crippen molar-refractivity contribution < 1.29 is 14.3 Å². The highest BCUT2D eigenvalue weighted by Crippen LogP contribution is 2.28. The molecule has 0 spiro atoms. The molecule has 0 bridgehead atoms. The molecule has 0 saturated heterocycles. The van der Waals surface area contributed by atoms with Crippen molar-refractivity contribution in [3.05, 3.63) is 64.3 Å². The Balaban J connectivity index is 1.81. The minimum absolute atomic E-state index is 0.139. The van der Waals surface area contributed by atoms with Gasteiger partial charge in [-0.05, 0) is 48.9 Å². The molecule has 1 aromatic heterocycles. The number of urea groups is 1. The number of methoxy groups -OCH3 is 1. The summed E-state index contributed by atoms with van der Waals surface area (Å²) >= 11 is 12.2. The summed E-state index contributed by atoms with van der Waals surface area (Å²) in [5.74, 6) is 0.894. The number of nitrogens with one attached hydrogen (secondary N) is 2. The fourth-order valence-corrected chi connectivity index (χ4v) is 4.16. The van der Waals surface area contributed by atoms with Crippen LogP contribution in [0.25, 0.3) is 5.69 Å². The van der Waals surface area contributed by atoms with Gasteiger partial charge in [-0.2, -0.15) is 5.10 Å². The van der Waals surface area contributed by atoms with E-state index in [1.807, 2.05) is 30.3 Å². The summed E-state index contributed by atoms with van der Waals surface area (Å²) in [4.78, 5) is 27.8. The second kappa shape index (κ2) is 13.0. The Morgan fingerprint density at radius 3 is 2.34 bits per heavy atom. The number of carbonyl (C=O) groups excluding carboxylic acids is 2. The van der Waals surface area contributed by atoms with Crippen LogP contribution in [0.5, 0.6) is 5.75 Å². The number of halogens is 2. The first-order valence-electron chi connectivity index (χ1n) is 12.6. The van der Waals surface area contributed by atoms with Gasteiger partial charge in [0.15, 0.2) is 0 Å². The van der Waals surface area contributed by atoms with Crippen LogP contribution in [0.15, 0.2) is 48.5 Å². The topological polar surface area (TPSA) is 88.5 Å². The van der Waals surface area contributed by atoms with Gasteiger partial charge < -0.3 is 20.3 Å². The lowest BCUT2D eigenvalue weighted by Gasteiger charge is -2.23. The highest BCUT2D eigenvalue weighted by Gasteiger charge is 2.23. The first-order valence-corrected chi connectivity index (χ1v) is 13.3. The molecular weight excluding hydrogens is 525 g/mol. The van der Waals surface area contributed by atoms with Gasteiger partial charge in [0.2, 0.25) is 5.91 Å². The van der Waals surface area contributed by atoms with Crippen molar-refractivity contribution in [2.45, 2.75) is 52.4 Å². The van der Waals surface area contributed by atoms with Gasteiger partial charge in [0.05, 0.1) is 29.2 Å². The van der Waals surface area contributed by atoms with Gasteiger partial charge in [0.1, 0.15) is 18.1 Å². The molecule has 3 rings (SSSR count). The molecule has 2 N–H and O–H groups in total. The lowest BCUT2D eigenvalue weighted by atomic mass is 9.92. The van der Waals surface area contributed by atoms with E-state index in [2.05, 4.69) is 38.3 Å². The summed E-state index contributed by atoms with van der Waals surface area (Å²) in [5.41, 5.74) is 1.78. The first-order chi connectivity index (χ1) is 18.0. The van der Waals surface area contributed by atoms with Crippen LogP contribution in [0, 0.1) is 0 Å². The lowest BCUT2D eigenvalue weighted by molar-refractivity contribution is -0.116. The van der Waals surface area contributed by atoms with Gasteiger partial charge in [-0.25, -0.2) is 9.48 Å². The first kappa shape index (κ1) is 29.3. The van der Waals surface area contributed by atoms with Crippen molar-refractivity contribution in [1.29, 1.82) is 0 Å². The number of nitrogens with zero attached hydrogens (tertiary/aromatic N) is 3. The van der Waals surface area contributed by atoms with Crippen LogP contribution < -0.4 is 15.4 Å². The minimum Gasteiger partial charge on any atom is -0.497 e. The van der Waals surface area contributed by atoms with E-state index in [0.29, 0.717) is 28.1 Å². The zero-order valence-electron chi connectivity index (χ0n) is 22.5. The maximum atomic E-state index is 13.2. The number of anilines is 2. The highest BCUT2D eigenvalue weighted by atomic mass is 35.5. The van der Waals surface area contributed by atoms with Crippen LogP contribution in [0.1, 0.15) is 52.7 Å². The van der Waals surface area contributed by atoms with Gasteiger partial charge in [-0.1, -0.05) is 63.7 Å². The molecule has 0 aliphatic heterocycles. The van der Waals surface area contributed by atoms with Crippen LogP contribution >= 0.6 is 23.2 Å². The summed E-state index contributed by atoms with van der Waals surface area (Å²) in [6.45, 7) is 8.53. The summed E-state index contributed by atoms with van der Waals surface area (Å²) in [6.07, 6.45) is 2.69. The molecule has 0 saturated carbocycles. The van der Waals surface area contributed by atoms with E-state index in [-0.39, 0.29) is 17.9 Å². The van der Waals surface area contributed by atoms with E-state index in [1.165, 1.54) is 4.90 Å². The largest absolute Gasteiger partial charge is 0.497 e. The standard InChI is InChI=1S/C28H35Cl2N5O3/c1-6-7-8-15-34(27(37)31-23-14-9-19(29)16-22(23)30)18-26(36)32-25-17-24(28(2,3)4)33-35(25)20-10-12-21(38-5)13-11-20/h9-14,16-17H,6-8,15,18H2,1-5H3,(H,31,37)(H,32,36). The van der Waals surface area contributed by atoms with Crippen LogP contribution in [0.3, 0.4) is 0 Å². The van der Waals surface area contributed by atoms with Gasteiger partial charge >= 0.3 is 6.03 Å². The average molecular weight is 561 g/mol. The number of amides is 3. The zero-order valence-corrected chi connectivity index (χ0v) is 24.0. The fraction of sp³-hybridized carbons (Fsp3) is 0.393. The van der Waals surface area contributed by atoms with Gasteiger partial charge in [0.25, 0.3) is 0 Å². The molecule has 1 heterocycles. The molecule has 3 aromatic rings. The Labute approximate surface area is 234 Å². The molecule has 0 fully saturated rings. The van der Waals surface area contributed by atoms with Crippen molar-refractivity contribution >= 4 is 46.6 Å². The summed E-state index contributed by atoms with van der Waals surface area (Å²) in [6, 6.07) is 13.7. The fourth-order valence-electron chi connectivity index (χ4n) is 3.70. The predicted molar refractivity (Wildman–Crippen MR) is 154 cm³/mol. The molecule has 0 aliphatic rings. The SMILES string of the molecule is CCCCCN(CC(=O)Nc1cc(C(C)(C)C)nn1-c1ccc(OC)cc1)C(=O)Nc1ccc(Cl)cc1Cl. The van der Waals surface area contributed by atoms with E-state index in [9.17, 15) is 9.59 Å². The van der Waals surface area contributed by atoms with Gasteiger partial charge in [0, 0.05) is 23.0 Å². The number of ether oxygens (including phenoxy) is 1. The van der Waals surface area contributed by atoms with E-state index in [4.69, 9.17) is 33.0 Å². The second-order valence-corrected chi connectivity index (χ2v) is 10.8. The number of aromatic nitrogens is 2. The Bertz CT molecular complexity index is 1250. The number of hydrogen-bond acceptors (Lipinski definition) is 4. The third-order valence-corrected chi connectivity index (χ3v) is 6.44. The molecule has 38 heavy (non-hydrogen) atoms. The van der Waals surface area contributed by atoms with E-state index in [0.717, 1.165) is 36.4 Å². The summed E-state index contributed by atoms with van der Waals surface area (Å²) in [5, 5.41) is 11.3. The molecule has 8 nitrogen and oxygen atoms in total. The highest BCUT2D eigenvalue weighted by molar-refractivity contribution is 6.36. The number of rotatable bonds is 10. The molecule has 2 aromatic carbocycles. The molecule has 0 radical (unpaired) electrons. The molecular formula is C28H35Cl2N5O3. The number of benzene rings is 2. The third-order valence-electron chi connectivity index (χ3n) is 5.89. The van der Waals surface area contributed by atoms with E-state index in [1.54, 1.807) is 30.0 Å². The Morgan fingerprint density at radius 1 is 1.03 bits per heavy atom. The molecule has 0 atom stereocenters. The minimum atomic E-state index is -0.417. The van der Waals surface area contributed by atoms with Crippen molar-refractivity contribution in [2.24, 2.45) is 0 Å². The molecule has 3 amide bonds. The zero-order chi connectivity index (χ0) is 27.9. The van der Waals surface area contributed by atoms with Gasteiger partial charge in [-0.3, -0.25) is 4.79 Å². The van der Waals surface area contributed by atoms with E-state index >= 15 is 0 Å². The molecule has 0 unspecified atom stereocenters. The van der Waals surface area contributed by atoms with E-state index < -0.39 is 6.03 Å². The predicted octanol–water partition coefficient (Wildman–Crippen LogP) is 7.15. The Morgan fingerprint density at radius 2 is 1.74 bits per heavy atom. The molecule has 10 heteroatoms. The van der Waals surface area contributed by atoms with Crippen LogP contribution in [-0.4, -0.2) is 46.8 Å². The average Bonchev–Trinajstić information content (AvgIpc) is 3.29. The number of hydrogen-bond donors (Lipinski definition) is 2. The van der Waals surface area contributed by atoms with Crippen molar-refractivity contribution in [3.63, 3.8) is 0 Å². The lowest BCUT2D eigenvalue weighted by Crippen LogP contribution is -2.41.